The lowest BCUT2D eigenvalue weighted by molar-refractivity contribution is 0.100. The molecule has 0 N–H and O–H groups in total. The maximum atomic E-state index is 11.9. The van der Waals surface area contributed by atoms with Crippen LogP contribution < -0.4 is 0 Å². The Hall–Kier alpha value is -1.78. The molecule has 0 aliphatic carbocycles. The van der Waals surface area contributed by atoms with Crippen molar-refractivity contribution in [2.75, 3.05) is 6.61 Å². The van der Waals surface area contributed by atoms with Crippen molar-refractivity contribution in [3.05, 3.63) is 24.1 Å². The zero-order chi connectivity index (χ0) is 13.2. The predicted molar refractivity (Wildman–Crippen MR) is 69.3 cm³/mol. The van der Waals surface area contributed by atoms with Crippen LogP contribution in [0.15, 0.2) is 22.9 Å². The predicted octanol–water partition coefficient (Wildman–Crippen LogP) is 2.70. The lowest BCUT2D eigenvalue weighted by atomic mass is 9.89. The highest BCUT2D eigenvalue weighted by molar-refractivity contribution is 5.69. The molecule has 102 valence electrons. The van der Waals surface area contributed by atoms with Gasteiger partial charge >= 0.3 is 6.09 Å². The van der Waals surface area contributed by atoms with E-state index in [0.717, 1.165) is 25.0 Å². The first-order chi connectivity index (χ1) is 9.29. The minimum Gasteiger partial charge on any atom is -0.450 e. The molecule has 2 aliphatic heterocycles. The highest BCUT2D eigenvalue weighted by atomic mass is 16.6. The maximum absolute atomic E-state index is 11.9. The Morgan fingerprint density at radius 1 is 1.63 bits per heavy atom. The van der Waals surface area contributed by atoms with Crippen LogP contribution in [0.1, 0.15) is 31.9 Å². The molecule has 0 aromatic carbocycles. The lowest BCUT2D eigenvalue weighted by Gasteiger charge is -2.22. The summed E-state index contributed by atoms with van der Waals surface area (Å²) in [5.74, 6) is 1.15. The zero-order valence-corrected chi connectivity index (χ0v) is 11.0. The van der Waals surface area contributed by atoms with E-state index in [0.29, 0.717) is 18.6 Å². The molecule has 5 heteroatoms. The third kappa shape index (κ3) is 2.25. The van der Waals surface area contributed by atoms with Crippen LogP contribution in [0.3, 0.4) is 0 Å². The standard InChI is InChI=1S/C14H18N2O3/c1-2-18-14(17)16-11-4-6-13(16)10(9-11)3-5-12-7-8-15-19-12/h3,5,7-8,10-11,13H,2,4,6,9H2,1H3. The fourth-order valence-electron chi connectivity index (χ4n) is 3.25. The van der Waals surface area contributed by atoms with Gasteiger partial charge in [-0.15, -0.1) is 0 Å². The van der Waals surface area contributed by atoms with Crippen molar-refractivity contribution in [3.63, 3.8) is 0 Å². The summed E-state index contributed by atoms with van der Waals surface area (Å²) in [6, 6.07) is 2.45. The molecule has 3 rings (SSSR count). The Morgan fingerprint density at radius 2 is 2.53 bits per heavy atom. The van der Waals surface area contributed by atoms with Gasteiger partial charge in [0.05, 0.1) is 12.8 Å². The summed E-state index contributed by atoms with van der Waals surface area (Å²) in [6.45, 7) is 2.28. The van der Waals surface area contributed by atoms with Crippen LogP contribution in [0.4, 0.5) is 4.79 Å². The lowest BCUT2D eigenvalue weighted by Crippen LogP contribution is -2.36. The van der Waals surface area contributed by atoms with E-state index in [1.165, 1.54) is 0 Å². The van der Waals surface area contributed by atoms with Gasteiger partial charge in [-0.2, -0.15) is 0 Å². The number of aromatic nitrogens is 1. The summed E-state index contributed by atoms with van der Waals surface area (Å²) in [4.78, 5) is 13.9. The van der Waals surface area contributed by atoms with Gasteiger partial charge in [-0.1, -0.05) is 11.2 Å². The molecule has 19 heavy (non-hydrogen) atoms. The van der Waals surface area contributed by atoms with Crippen molar-refractivity contribution in [1.82, 2.24) is 10.1 Å². The third-order valence-electron chi connectivity index (χ3n) is 4.03. The van der Waals surface area contributed by atoms with Crippen molar-refractivity contribution in [3.8, 4) is 0 Å². The molecule has 2 fully saturated rings. The Bertz CT molecular complexity index is 469. The van der Waals surface area contributed by atoms with Crippen LogP contribution in [-0.2, 0) is 4.74 Å². The molecule has 0 radical (unpaired) electrons. The fourth-order valence-corrected chi connectivity index (χ4v) is 3.25. The minimum atomic E-state index is -0.162. The number of ether oxygens (including phenoxy) is 1. The first-order valence-electron chi connectivity index (χ1n) is 6.83. The molecule has 3 atom stereocenters. The fraction of sp³-hybridized carbons (Fsp3) is 0.571. The van der Waals surface area contributed by atoms with Crippen molar-refractivity contribution < 1.29 is 14.1 Å². The van der Waals surface area contributed by atoms with Crippen LogP contribution in [-0.4, -0.2) is 34.8 Å². The van der Waals surface area contributed by atoms with Crippen molar-refractivity contribution in [2.24, 2.45) is 5.92 Å². The first-order valence-corrected chi connectivity index (χ1v) is 6.83. The van der Waals surface area contributed by atoms with Crippen molar-refractivity contribution in [1.29, 1.82) is 0 Å². The number of carbonyl (C=O) groups excluding carboxylic acids is 1. The van der Waals surface area contributed by atoms with Crippen LogP contribution in [0.5, 0.6) is 0 Å². The number of fused-ring (bicyclic) bond motifs is 2. The average Bonchev–Trinajstić information content (AvgIpc) is 3.12. The molecular weight excluding hydrogens is 244 g/mol. The molecule has 3 heterocycles. The summed E-state index contributed by atoms with van der Waals surface area (Å²) in [5, 5.41) is 3.67. The van der Waals surface area contributed by atoms with Gasteiger partial charge in [-0.3, -0.25) is 0 Å². The van der Waals surface area contributed by atoms with Gasteiger partial charge < -0.3 is 14.2 Å². The zero-order valence-electron chi connectivity index (χ0n) is 11.0. The number of rotatable bonds is 3. The second-order valence-electron chi connectivity index (χ2n) is 5.08. The minimum absolute atomic E-state index is 0.162. The van der Waals surface area contributed by atoms with Gasteiger partial charge in [0.2, 0.25) is 0 Å². The normalized spacial score (nSPS) is 29.3. The summed E-state index contributed by atoms with van der Waals surface area (Å²) in [6.07, 6.45) is 8.73. The third-order valence-corrected chi connectivity index (χ3v) is 4.03. The largest absolute Gasteiger partial charge is 0.450 e. The van der Waals surface area contributed by atoms with Gasteiger partial charge in [0.25, 0.3) is 0 Å². The molecule has 2 bridgehead atoms. The SMILES string of the molecule is CCOC(=O)N1C2CCC1C(C=Cc1ccno1)C2. The van der Waals surface area contributed by atoms with Gasteiger partial charge in [-0.25, -0.2) is 4.79 Å². The molecule has 2 saturated heterocycles. The Balaban J connectivity index is 1.68. The highest BCUT2D eigenvalue weighted by Crippen LogP contribution is 2.42. The van der Waals surface area contributed by atoms with E-state index in [2.05, 4.69) is 11.2 Å². The summed E-state index contributed by atoms with van der Waals surface area (Å²) in [5.41, 5.74) is 0. The second-order valence-corrected chi connectivity index (χ2v) is 5.08. The topological polar surface area (TPSA) is 55.6 Å². The number of hydrogen-bond acceptors (Lipinski definition) is 4. The molecule has 1 aromatic heterocycles. The number of amides is 1. The number of carbonyl (C=O) groups is 1. The van der Waals surface area contributed by atoms with Crippen molar-refractivity contribution in [2.45, 2.75) is 38.3 Å². The van der Waals surface area contributed by atoms with Gasteiger partial charge in [0.1, 0.15) is 0 Å². The first kappa shape index (κ1) is 12.3. The van der Waals surface area contributed by atoms with Crippen LogP contribution in [0, 0.1) is 5.92 Å². The van der Waals surface area contributed by atoms with Gasteiger partial charge in [0, 0.05) is 18.2 Å². The number of nitrogens with zero attached hydrogens (tertiary/aromatic N) is 2. The molecule has 1 amide bonds. The van der Waals surface area contributed by atoms with E-state index in [4.69, 9.17) is 9.26 Å². The highest BCUT2D eigenvalue weighted by Gasteiger charge is 2.48. The van der Waals surface area contributed by atoms with Gasteiger partial charge in [-0.05, 0) is 38.2 Å². The molecular formula is C14H18N2O3. The second kappa shape index (κ2) is 5.07. The Labute approximate surface area is 112 Å². The summed E-state index contributed by atoms with van der Waals surface area (Å²) < 4.78 is 10.2. The summed E-state index contributed by atoms with van der Waals surface area (Å²) >= 11 is 0. The number of hydrogen-bond donors (Lipinski definition) is 0. The van der Waals surface area contributed by atoms with Crippen LogP contribution in [0.2, 0.25) is 0 Å². The molecule has 2 aliphatic rings. The molecule has 1 aromatic rings. The Morgan fingerprint density at radius 3 is 3.26 bits per heavy atom. The van der Waals surface area contributed by atoms with Crippen LogP contribution >= 0.6 is 0 Å². The average molecular weight is 262 g/mol. The molecule has 3 unspecified atom stereocenters. The summed E-state index contributed by atoms with van der Waals surface area (Å²) in [7, 11) is 0. The monoisotopic (exact) mass is 262 g/mol. The quantitative estimate of drug-likeness (QED) is 0.840. The van der Waals surface area contributed by atoms with E-state index < -0.39 is 0 Å². The molecule has 0 spiro atoms. The van der Waals surface area contributed by atoms with E-state index >= 15 is 0 Å². The molecule has 0 saturated carbocycles. The van der Waals surface area contributed by atoms with Gasteiger partial charge in [0.15, 0.2) is 5.76 Å². The van der Waals surface area contributed by atoms with Crippen LogP contribution in [0.25, 0.3) is 6.08 Å². The smallest absolute Gasteiger partial charge is 0.410 e. The van der Waals surface area contributed by atoms with E-state index in [1.54, 1.807) is 6.20 Å². The Kier molecular flexibility index (Phi) is 3.27. The van der Waals surface area contributed by atoms with E-state index in [9.17, 15) is 4.79 Å². The maximum Gasteiger partial charge on any atom is 0.410 e. The van der Waals surface area contributed by atoms with Crippen molar-refractivity contribution >= 4 is 12.2 Å². The molecule has 5 nitrogen and oxygen atoms in total. The van der Waals surface area contributed by atoms with E-state index in [1.807, 2.05) is 24.0 Å². The van der Waals surface area contributed by atoms with E-state index in [-0.39, 0.29) is 12.1 Å².